The molecule has 1 aliphatic heterocycles. The van der Waals surface area contributed by atoms with Crippen LogP contribution in [0.15, 0.2) is 18.2 Å². The van der Waals surface area contributed by atoms with Crippen molar-refractivity contribution in [2.24, 2.45) is 5.73 Å². The van der Waals surface area contributed by atoms with E-state index < -0.39 is 30.7 Å². The minimum atomic E-state index is -2.62. The fourth-order valence-electron chi connectivity index (χ4n) is 2.61. The Kier molecular flexibility index (Phi) is 6.95. The Hall–Kier alpha value is -2.17. The topological polar surface area (TPSA) is 87.9 Å². The first-order chi connectivity index (χ1) is 12.3. The van der Waals surface area contributed by atoms with Gasteiger partial charge in [0.05, 0.1) is 18.8 Å². The normalized spacial score (nSPS) is 16.3. The highest BCUT2D eigenvalue weighted by molar-refractivity contribution is 5.97. The number of morpholine rings is 1. The average Bonchev–Trinajstić information content (AvgIpc) is 2.57. The number of hydrogen-bond donors (Lipinski definition) is 2. The summed E-state index contributed by atoms with van der Waals surface area (Å²) in [5, 5.41) is 2.35. The average molecular weight is 374 g/mol. The molecule has 0 saturated carbocycles. The van der Waals surface area contributed by atoms with E-state index in [2.05, 4.69) is 5.32 Å². The third-order valence-electron chi connectivity index (χ3n) is 3.99. The molecule has 1 aromatic carbocycles. The first kappa shape index (κ1) is 20.1. The van der Waals surface area contributed by atoms with Crippen LogP contribution in [-0.4, -0.2) is 69.1 Å². The molecule has 3 N–H and O–H groups in total. The molecule has 10 heteroatoms. The van der Waals surface area contributed by atoms with Gasteiger partial charge in [0, 0.05) is 18.8 Å². The maximum atomic E-state index is 14.3. The van der Waals surface area contributed by atoms with Crippen molar-refractivity contribution < 1.29 is 27.5 Å². The fourth-order valence-corrected chi connectivity index (χ4v) is 2.61. The zero-order valence-electron chi connectivity index (χ0n) is 14.3. The van der Waals surface area contributed by atoms with Crippen LogP contribution in [0.3, 0.4) is 0 Å². The summed E-state index contributed by atoms with van der Waals surface area (Å²) in [7, 11) is 1.34. The summed E-state index contributed by atoms with van der Waals surface area (Å²) in [6.07, 6.45) is -2.62. The van der Waals surface area contributed by atoms with Gasteiger partial charge in [-0.05, 0) is 25.2 Å². The molecule has 144 valence electrons. The van der Waals surface area contributed by atoms with Gasteiger partial charge in [0.25, 0.3) is 12.3 Å². The van der Waals surface area contributed by atoms with Gasteiger partial charge in [-0.3, -0.25) is 14.5 Å². The molecule has 0 aromatic heterocycles. The first-order valence-corrected chi connectivity index (χ1v) is 8.00. The summed E-state index contributed by atoms with van der Waals surface area (Å²) < 4.78 is 44.3. The van der Waals surface area contributed by atoms with E-state index in [1.54, 1.807) is 0 Å². The number of anilines is 2. The number of nitrogens with one attached hydrogen (secondary N) is 1. The quantitative estimate of drug-likeness (QED) is 0.732. The molecule has 1 aromatic rings. The monoisotopic (exact) mass is 374 g/mol. The van der Waals surface area contributed by atoms with E-state index in [0.29, 0.717) is 18.8 Å². The number of likely N-dealkylation sites (N-methyl/N-ethyl adjacent to an activating group) is 1. The van der Waals surface area contributed by atoms with Gasteiger partial charge in [-0.1, -0.05) is 0 Å². The van der Waals surface area contributed by atoms with Gasteiger partial charge in [-0.15, -0.1) is 0 Å². The third-order valence-corrected chi connectivity index (χ3v) is 3.99. The molecule has 2 amide bonds. The smallest absolute Gasteiger partial charge is 0.253 e. The second-order valence-electron chi connectivity index (χ2n) is 5.83. The molecule has 7 nitrogen and oxygen atoms in total. The maximum Gasteiger partial charge on any atom is 0.253 e. The second kappa shape index (κ2) is 8.97. The van der Waals surface area contributed by atoms with Gasteiger partial charge in [0.2, 0.25) is 5.91 Å². The number of ether oxygens (including phenoxy) is 1. The van der Waals surface area contributed by atoms with E-state index in [-0.39, 0.29) is 24.7 Å². The summed E-state index contributed by atoms with van der Waals surface area (Å²) in [6.45, 7) is -0.250. The van der Waals surface area contributed by atoms with E-state index in [9.17, 15) is 22.8 Å². The van der Waals surface area contributed by atoms with Crippen LogP contribution in [0.1, 0.15) is 0 Å². The first-order valence-electron chi connectivity index (χ1n) is 8.00. The SMILES string of the molecule is CN(CC(F)F)[C@H](CN)C(=O)Nc1ccc(N2CCOCC2=O)cc1F. The summed E-state index contributed by atoms with van der Waals surface area (Å²) in [4.78, 5) is 26.5. The minimum Gasteiger partial charge on any atom is -0.370 e. The van der Waals surface area contributed by atoms with Crippen LogP contribution in [-0.2, 0) is 14.3 Å². The van der Waals surface area contributed by atoms with Gasteiger partial charge in [-0.25, -0.2) is 13.2 Å². The Labute approximate surface area is 148 Å². The number of carbonyl (C=O) groups is 2. The van der Waals surface area contributed by atoms with Crippen LogP contribution in [0.25, 0.3) is 0 Å². The molecule has 2 rings (SSSR count). The van der Waals surface area contributed by atoms with E-state index >= 15 is 0 Å². The largest absolute Gasteiger partial charge is 0.370 e. The van der Waals surface area contributed by atoms with Crippen molar-refractivity contribution in [3.63, 3.8) is 0 Å². The van der Waals surface area contributed by atoms with Gasteiger partial charge in [0.1, 0.15) is 18.5 Å². The molecule has 0 spiro atoms. The maximum absolute atomic E-state index is 14.3. The van der Waals surface area contributed by atoms with Crippen molar-refractivity contribution in [1.29, 1.82) is 0 Å². The molecular formula is C16H21F3N4O3. The fraction of sp³-hybridized carbons (Fsp3) is 0.500. The van der Waals surface area contributed by atoms with E-state index in [4.69, 9.17) is 10.5 Å². The molecule has 0 aliphatic carbocycles. The Bertz CT molecular complexity index is 660. The summed E-state index contributed by atoms with van der Waals surface area (Å²) in [5.74, 6) is -1.73. The number of carbonyl (C=O) groups excluding carboxylic acids is 2. The molecule has 0 unspecified atom stereocenters. The van der Waals surface area contributed by atoms with Crippen LogP contribution in [0.2, 0.25) is 0 Å². The predicted octanol–water partition coefficient (Wildman–Crippen LogP) is 0.652. The minimum absolute atomic E-state index is 0.0746. The number of hydrogen-bond acceptors (Lipinski definition) is 5. The summed E-state index contributed by atoms with van der Waals surface area (Å²) in [6, 6.07) is 2.90. The highest BCUT2D eigenvalue weighted by atomic mass is 19.3. The van der Waals surface area contributed by atoms with E-state index in [1.807, 2.05) is 0 Å². The lowest BCUT2D eigenvalue weighted by Gasteiger charge is -2.27. The van der Waals surface area contributed by atoms with Crippen LogP contribution < -0.4 is 16.0 Å². The molecule has 26 heavy (non-hydrogen) atoms. The van der Waals surface area contributed by atoms with Crippen molar-refractivity contribution in [3.8, 4) is 0 Å². The second-order valence-corrected chi connectivity index (χ2v) is 5.83. The predicted molar refractivity (Wildman–Crippen MR) is 89.7 cm³/mol. The molecule has 1 saturated heterocycles. The summed E-state index contributed by atoms with van der Waals surface area (Å²) >= 11 is 0. The lowest BCUT2D eigenvalue weighted by atomic mass is 10.2. The molecule has 1 aliphatic rings. The van der Waals surface area contributed by atoms with Crippen LogP contribution in [0.4, 0.5) is 24.5 Å². The van der Waals surface area contributed by atoms with Crippen LogP contribution in [0, 0.1) is 5.82 Å². The Morgan fingerprint density at radius 2 is 2.19 bits per heavy atom. The Balaban J connectivity index is 2.09. The highest BCUT2D eigenvalue weighted by Crippen LogP contribution is 2.23. The lowest BCUT2D eigenvalue weighted by Crippen LogP contribution is -2.48. The molecule has 0 bridgehead atoms. The number of amides is 2. The van der Waals surface area contributed by atoms with Gasteiger partial charge < -0.3 is 20.7 Å². The molecule has 1 heterocycles. The third kappa shape index (κ3) is 4.93. The molecule has 0 radical (unpaired) electrons. The van der Waals surface area contributed by atoms with Crippen molar-refractivity contribution in [3.05, 3.63) is 24.0 Å². The number of benzene rings is 1. The van der Waals surface area contributed by atoms with E-state index in [0.717, 1.165) is 11.0 Å². The van der Waals surface area contributed by atoms with Crippen LogP contribution >= 0.6 is 0 Å². The molecule has 1 fully saturated rings. The van der Waals surface area contributed by atoms with E-state index in [1.165, 1.54) is 24.1 Å². The van der Waals surface area contributed by atoms with Gasteiger partial charge >= 0.3 is 0 Å². The van der Waals surface area contributed by atoms with Crippen molar-refractivity contribution in [1.82, 2.24) is 4.90 Å². The van der Waals surface area contributed by atoms with Gasteiger partial charge in [0.15, 0.2) is 0 Å². The van der Waals surface area contributed by atoms with Crippen molar-refractivity contribution >= 4 is 23.2 Å². The standard InChI is InChI=1S/C16H21F3N4O3/c1-22(8-14(18)19)13(7-20)16(25)21-12-3-2-10(6-11(12)17)23-4-5-26-9-15(23)24/h2-3,6,13-14H,4-5,7-9,20H2,1H3,(H,21,25)/t13-/m1/s1. The number of halogens is 3. The molecular weight excluding hydrogens is 353 g/mol. The van der Waals surface area contributed by atoms with Crippen LogP contribution in [0.5, 0.6) is 0 Å². The van der Waals surface area contributed by atoms with Crippen molar-refractivity contribution in [2.75, 3.05) is 50.1 Å². The lowest BCUT2D eigenvalue weighted by molar-refractivity contribution is -0.125. The number of nitrogens with zero attached hydrogens (tertiary/aromatic N) is 2. The number of nitrogens with two attached hydrogens (primary N) is 1. The Morgan fingerprint density at radius 3 is 2.77 bits per heavy atom. The highest BCUT2D eigenvalue weighted by Gasteiger charge is 2.25. The Morgan fingerprint density at radius 1 is 1.46 bits per heavy atom. The molecule has 1 atom stereocenters. The number of rotatable bonds is 7. The zero-order chi connectivity index (χ0) is 19.3. The number of alkyl halides is 2. The van der Waals surface area contributed by atoms with Gasteiger partial charge in [-0.2, -0.15) is 0 Å². The zero-order valence-corrected chi connectivity index (χ0v) is 14.3. The summed E-state index contributed by atoms with van der Waals surface area (Å²) in [5.41, 5.74) is 5.71. The van der Waals surface area contributed by atoms with Crippen molar-refractivity contribution in [2.45, 2.75) is 12.5 Å².